The van der Waals surface area contributed by atoms with Crippen molar-refractivity contribution in [2.45, 2.75) is 19.8 Å². The molecule has 0 unspecified atom stereocenters. The fourth-order valence-electron chi connectivity index (χ4n) is 1.75. The Labute approximate surface area is 126 Å². The molecule has 21 heavy (non-hydrogen) atoms. The summed E-state index contributed by atoms with van der Waals surface area (Å²) in [5.74, 6) is -0.210. The van der Waals surface area contributed by atoms with Crippen LogP contribution in [0.4, 0.5) is 0 Å². The molecule has 0 bridgehead atoms. The Morgan fingerprint density at radius 2 is 1.43 bits per heavy atom. The van der Waals surface area contributed by atoms with Crippen molar-refractivity contribution in [3.05, 3.63) is 35.4 Å². The highest BCUT2D eigenvalue weighted by molar-refractivity contribution is 5.97. The Hall–Kier alpha value is -1.88. The van der Waals surface area contributed by atoms with E-state index in [9.17, 15) is 9.59 Å². The fraction of sp³-hybridized carbons (Fsp3) is 0.500. The Bertz CT molecular complexity index is 455. The number of carbonyl (C=O) groups excluding carboxylic acids is 2. The van der Waals surface area contributed by atoms with Crippen molar-refractivity contribution in [1.82, 2.24) is 15.5 Å². The van der Waals surface area contributed by atoms with Crippen LogP contribution in [0.15, 0.2) is 24.3 Å². The zero-order valence-electron chi connectivity index (χ0n) is 13.1. The third-order valence-corrected chi connectivity index (χ3v) is 3.07. The molecule has 0 saturated heterocycles. The van der Waals surface area contributed by atoms with Gasteiger partial charge in [0.2, 0.25) is 0 Å². The average Bonchev–Trinajstić information content (AvgIpc) is 2.47. The van der Waals surface area contributed by atoms with Gasteiger partial charge in [0.05, 0.1) is 0 Å². The molecule has 1 rings (SSSR count). The molecule has 0 heterocycles. The number of benzene rings is 1. The van der Waals surface area contributed by atoms with Gasteiger partial charge < -0.3 is 15.5 Å². The molecule has 0 aromatic heterocycles. The van der Waals surface area contributed by atoms with Gasteiger partial charge in [-0.05, 0) is 44.8 Å². The van der Waals surface area contributed by atoms with Crippen molar-refractivity contribution in [2.75, 3.05) is 33.7 Å². The van der Waals surface area contributed by atoms with Crippen LogP contribution in [-0.4, -0.2) is 50.4 Å². The highest BCUT2D eigenvalue weighted by Gasteiger charge is 2.08. The number of likely N-dealkylation sites (N-methyl/N-ethyl adjacent to an activating group) is 1. The topological polar surface area (TPSA) is 61.4 Å². The molecule has 1 aromatic rings. The van der Waals surface area contributed by atoms with E-state index < -0.39 is 0 Å². The maximum Gasteiger partial charge on any atom is 0.251 e. The Kier molecular flexibility index (Phi) is 7.46. The summed E-state index contributed by atoms with van der Waals surface area (Å²) in [6.45, 7) is 4.16. The fourth-order valence-corrected chi connectivity index (χ4v) is 1.75. The number of nitrogens with zero attached hydrogens (tertiary/aromatic N) is 1. The van der Waals surface area contributed by atoms with E-state index in [1.54, 1.807) is 24.3 Å². The monoisotopic (exact) mass is 291 g/mol. The van der Waals surface area contributed by atoms with Crippen molar-refractivity contribution in [1.29, 1.82) is 0 Å². The molecule has 0 atom stereocenters. The lowest BCUT2D eigenvalue weighted by Gasteiger charge is -2.10. The Morgan fingerprint density at radius 3 is 1.86 bits per heavy atom. The van der Waals surface area contributed by atoms with Crippen LogP contribution in [0.25, 0.3) is 0 Å². The van der Waals surface area contributed by atoms with E-state index in [2.05, 4.69) is 17.6 Å². The first kappa shape index (κ1) is 17.2. The number of hydrogen-bond donors (Lipinski definition) is 2. The zero-order chi connectivity index (χ0) is 15.7. The summed E-state index contributed by atoms with van der Waals surface area (Å²) < 4.78 is 0. The summed E-state index contributed by atoms with van der Waals surface area (Å²) in [7, 11) is 3.91. The van der Waals surface area contributed by atoms with Crippen LogP contribution in [0.1, 0.15) is 40.5 Å². The lowest BCUT2D eigenvalue weighted by Crippen LogP contribution is -2.31. The van der Waals surface area contributed by atoms with E-state index in [1.807, 2.05) is 19.0 Å². The number of unbranched alkanes of at least 4 members (excludes halogenated alkanes) is 1. The molecule has 0 saturated carbocycles. The summed E-state index contributed by atoms with van der Waals surface area (Å²) in [6, 6.07) is 6.73. The van der Waals surface area contributed by atoms with E-state index in [0.717, 1.165) is 19.4 Å². The van der Waals surface area contributed by atoms with Crippen molar-refractivity contribution >= 4 is 11.8 Å². The van der Waals surface area contributed by atoms with E-state index in [1.165, 1.54) is 0 Å². The van der Waals surface area contributed by atoms with Gasteiger partial charge in [0.25, 0.3) is 11.8 Å². The third kappa shape index (κ3) is 6.40. The number of rotatable bonds is 8. The molecule has 116 valence electrons. The molecule has 0 spiro atoms. The minimum absolute atomic E-state index is 0.0944. The van der Waals surface area contributed by atoms with Crippen molar-refractivity contribution in [2.24, 2.45) is 0 Å². The van der Waals surface area contributed by atoms with E-state index >= 15 is 0 Å². The third-order valence-electron chi connectivity index (χ3n) is 3.07. The first-order chi connectivity index (χ1) is 10.0. The summed E-state index contributed by atoms with van der Waals surface area (Å²) in [4.78, 5) is 25.7. The molecule has 1 aromatic carbocycles. The van der Waals surface area contributed by atoms with Gasteiger partial charge in [0, 0.05) is 30.8 Å². The van der Waals surface area contributed by atoms with Gasteiger partial charge in [0.15, 0.2) is 0 Å². The van der Waals surface area contributed by atoms with Gasteiger partial charge in [0.1, 0.15) is 0 Å². The van der Waals surface area contributed by atoms with E-state index in [0.29, 0.717) is 24.2 Å². The number of hydrogen-bond acceptors (Lipinski definition) is 3. The lowest BCUT2D eigenvalue weighted by molar-refractivity contribution is 0.0940. The highest BCUT2D eigenvalue weighted by Crippen LogP contribution is 2.04. The van der Waals surface area contributed by atoms with Crippen LogP contribution in [0.3, 0.4) is 0 Å². The first-order valence-corrected chi connectivity index (χ1v) is 7.35. The summed E-state index contributed by atoms with van der Waals surface area (Å²) >= 11 is 0. The molecule has 0 fully saturated rings. The standard InChI is InChI=1S/C16H25N3O2/c1-4-5-10-17-15(20)13-6-8-14(9-7-13)16(21)18-11-12-19(2)3/h6-9H,4-5,10-12H2,1-3H3,(H,17,20)(H,18,21). The minimum Gasteiger partial charge on any atom is -0.352 e. The van der Waals surface area contributed by atoms with Gasteiger partial charge in [-0.1, -0.05) is 13.3 Å². The predicted molar refractivity (Wildman–Crippen MR) is 84.6 cm³/mol. The maximum atomic E-state index is 11.9. The second-order valence-corrected chi connectivity index (χ2v) is 5.25. The van der Waals surface area contributed by atoms with Gasteiger partial charge in [-0.2, -0.15) is 0 Å². The van der Waals surface area contributed by atoms with E-state index in [-0.39, 0.29) is 11.8 Å². The number of amides is 2. The molecule has 0 radical (unpaired) electrons. The van der Waals surface area contributed by atoms with Crippen LogP contribution >= 0.6 is 0 Å². The van der Waals surface area contributed by atoms with Crippen molar-refractivity contribution < 1.29 is 9.59 Å². The van der Waals surface area contributed by atoms with Gasteiger partial charge in [-0.25, -0.2) is 0 Å². The van der Waals surface area contributed by atoms with Gasteiger partial charge >= 0.3 is 0 Å². The second kappa shape index (κ2) is 9.13. The molecule has 5 nitrogen and oxygen atoms in total. The Morgan fingerprint density at radius 1 is 0.952 bits per heavy atom. The van der Waals surface area contributed by atoms with Crippen LogP contribution in [0, 0.1) is 0 Å². The average molecular weight is 291 g/mol. The quantitative estimate of drug-likeness (QED) is 0.714. The molecular formula is C16H25N3O2. The van der Waals surface area contributed by atoms with Crippen molar-refractivity contribution in [3.63, 3.8) is 0 Å². The van der Waals surface area contributed by atoms with Crippen LogP contribution in [0.2, 0.25) is 0 Å². The van der Waals surface area contributed by atoms with Crippen LogP contribution in [-0.2, 0) is 0 Å². The van der Waals surface area contributed by atoms with Crippen LogP contribution < -0.4 is 10.6 Å². The SMILES string of the molecule is CCCCNC(=O)c1ccc(C(=O)NCCN(C)C)cc1. The number of nitrogens with one attached hydrogen (secondary N) is 2. The first-order valence-electron chi connectivity index (χ1n) is 7.35. The molecule has 0 aliphatic carbocycles. The predicted octanol–water partition coefficient (Wildman–Crippen LogP) is 1.51. The molecule has 2 amide bonds. The normalized spacial score (nSPS) is 10.5. The van der Waals surface area contributed by atoms with E-state index in [4.69, 9.17) is 0 Å². The van der Waals surface area contributed by atoms with Crippen LogP contribution in [0.5, 0.6) is 0 Å². The zero-order valence-corrected chi connectivity index (χ0v) is 13.1. The van der Waals surface area contributed by atoms with Gasteiger partial charge in [-0.15, -0.1) is 0 Å². The Balaban J connectivity index is 2.49. The maximum absolute atomic E-state index is 11.9. The number of carbonyl (C=O) groups is 2. The minimum atomic E-state index is -0.116. The van der Waals surface area contributed by atoms with Gasteiger partial charge in [-0.3, -0.25) is 9.59 Å². The smallest absolute Gasteiger partial charge is 0.251 e. The molecule has 0 aliphatic rings. The summed E-state index contributed by atoms with van der Waals surface area (Å²) in [5.41, 5.74) is 1.15. The summed E-state index contributed by atoms with van der Waals surface area (Å²) in [5, 5.41) is 5.69. The largest absolute Gasteiger partial charge is 0.352 e. The van der Waals surface area contributed by atoms with Crippen molar-refractivity contribution in [3.8, 4) is 0 Å². The molecule has 2 N–H and O–H groups in total. The molecular weight excluding hydrogens is 266 g/mol. The molecule has 5 heteroatoms. The lowest BCUT2D eigenvalue weighted by atomic mass is 10.1. The second-order valence-electron chi connectivity index (χ2n) is 5.25. The highest BCUT2D eigenvalue weighted by atomic mass is 16.2. The summed E-state index contributed by atoms with van der Waals surface area (Å²) in [6.07, 6.45) is 2.02. The molecule has 0 aliphatic heterocycles.